The summed E-state index contributed by atoms with van der Waals surface area (Å²) in [6.45, 7) is 11.7. The molecular weight excluding hydrogens is 503 g/mol. The Kier molecular flexibility index (Phi) is 19.0. The van der Waals surface area contributed by atoms with Gasteiger partial charge in [0.05, 0.1) is 0 Å². The first-order chi connectivity index (χ1) is 12.6. The summed E-state index contributed by atoms with van der Waals surface area (Å²) >= 11 is 1.36. The molecule has 1 unspecified atom stereocenters. The van der Waals surface area contributed by atoms with Crippen LogP contribution in [0.15, 0.2) is 83.4 Å². The summed E-state index contributed by atoms with van der Waals surface area (Å²) in [5, 5.41) is 2.65. The van der Waals surface area contributed by atoms with Crippen LogP contribution in [0.1, 0.15) is 27.7 Å². The molecule has 0 fully saturated rings. The molecule has 3 aromatic carbocycles. The summed E-state index contributed by atoms with van der Waals surface area (Å²) in [7, 11) is 0. The molecule has 3 aromatic rings. The molecule has 1 aliphatic carbocycles. The Hall–Kier alpha value is -0.790. The van der Waals surface area contributed by atoms with E-state index >= 15 is 0 Å². The summed E-state index contributed by atoms with van der Waals surface area (Å²) in [5.41, 5.74) is 6.86. The van der Waals surface area contributed by atoms with Crippen LogP contribution < -0.4 is 0 Å². The van der Waals surface area contributed by atoms with Gasteiger partial charge in [0.2, 0.25) is 0 Å². The quantitative estimate of drug-likeness (QED) is 0.218. The van der Waals surface area contributed by atoms with Gasteiger partial charge in [-0.05, 0) is 0 Å². The predicted molar refractivity (Wildman–Crippen MR) is 138 cm³/mol. The van der Waals surface area contributed by atoms with Gasteiger partial charge in [0.1, 0.15) is 0 Å². The summed E-state index contributed by atoms with van der Waals surface area (Å²) < 4.78 is 0. The number of allylic oxidation sites excluding steroid dienone is 4. The molecule has 0 amide bonds. The van der Waals surface area contributed by atoms with Crippen molar-refractivity contribution in [3.8, 4) is 11.1 Å². The van der Waals surface area contributed by atoms with Crippen molar-refractivity contribution in [2.75, 3.05) is 0 Å². The fourth-order valence-electron chi connectivity index (χ4n) is 3.18. The first kappa shape index (κ1) is 33.8. The molecule has 0 saturated heterocycles. The van der Waals surface area contributed by atoms with Gasteiger partial charge in [0, 0.05) is 0 Å². The number of benzene rings is 2. The standard InChI is InChI=1S/C15H11.C9H13.2CH3.2ClH.Si.Zr/c1-2-6-12(7-3-1)15-11-10-13-8-4-5-9-14(13)15;1-6-5-7(2)9(4)8(6)3;;;;;;/h1-11H;6H,1-4H3;2*1H3;2*1H;;/q4*-1;;;;. The van der Waals surface area contributed by atoms with Gasteiger partial charge in [-0.25, -0.2) is 5.57 Å². The van der Waals surface area contributed by atoms with Crippen LogP contribution in [-0.2, 0) is 23.3 Å². The summed E-state index contributed by atoms with van der Waals surface area (Å²) in [4.78, 5) is 0. The Balaban J connectivity index is -0.000000431. The van der Waals surface area contributed by atoms with Crippen LogP contribution in [0.2, 0.25) is 0 Å². The van der Waals surface area contributed by atoms with E-state index in [1.807, 2.05) is 0 Å². The van der Waals surface area contributed by atoms with E-state index in [0.29, 0.717) is 5.92 Å². The second kappa shape index (κ2) is 16.8. The fourth-order valence-corrected chi connectivity index (χ4v) is 3.18. The third-order valence-corrected chi connectivity index (χ3v) is 5.00. The number of rotatable bonds is 1. The number of fused-ring (bicyclic) bond motifs is 1. The van der Waals surface area contributed by atoms with Gasteiger partial charge >= 0.3 is 30.2 Å². The van der Waals surface area contributed by atoms with Gasteiger partial charge in [0.25, 0.3) is 0 Å². The first-order valence-electron chi connectivity index (χ1n) is 8.80. The summed E-state index contributed by atoms with van der Waals surface area (Å²) in [5.74, 6) is 0.560. The minimum absolute atomic E-state index is 0. The zero-order valence-corrected chi connectivity index (χ0v) is 23.8. The zero-order chi connectivity index (χ0) is 19.1. The molecule has 1 aliphatic rings. The topological polar surface area (TPSA) is 0 Å². The largest absolute Gasteiger partial charge is 0.150 e. The fraction of sp³-hybridized carbons (Fsp3) is 0.192. The SMILES string of the molecule is CC1=[C-]C(C)C(C)=C1C.Cl.Cl.[CH3-].[CH3-].[Si]=[Zr].c1ccc(-c2c[cH-]c3ccccc23)cc1. The van der Waals surface area contributed by atoms with Gasteiger partial charge in [-0.2, -0.15) is 11.1 Å². The van der Waals surface area contributed by atoms with E-state index in [2.05, 4.69) is 107 Å². The van der Waals surface area contributed by atoms with Gasteiger partial charge < -0.3 is 14.9 Å². The normalized spacial score (nSPS) is 13.6. The van der Waals surface area contributed by atoms with Crippen LogP contribution in [-0.4, -0.2) is 6.88 Å². The van der Waals surface area contributed by atoms with E-state index in [1.54, 1.807) is 0 Å². The number of halogens is 2. The second-order valence-electron chi connectivity index (χ2n) is 6.50. The van der Waals surface area contributed by atoms with Gasteiger partial charge in [-0.3, -0.25) is 6.08 Å². The van der Waals surface area contributed by atoms with Crippen molar-refractivity contribution < 1.29 is 23.3 Å². The van der Waals surface area contributed by atoms with Crippen molar-refractivity contribution in [1.29, 1.82) is 0 Å². The molecule has 0 aromatic heterocycles. The predicted octanol–water partition coefficient (Wildman–Crippen LogP) is 8.31. The van der Waals surface area contributed by atoms with Crippen molar-refractivity contribution in [1.82, 2.24) is 0 Å². The molecule has 0 nitrogen and oxygen atoms in total. The second-order valence-corrected chi connectivity index (χ2v) is 6.50. The minimum Gasteiger partial charge on any atom is -0.150 e. The Morgan fingerprint density at radius 1 is 0.867 bits per heavy atom. The summed E-state index contributed by atoms with van der Waals surface area (Å²) in [6.07, 6.45) is 3.36. The average molecular weight is 535 g/mol. The minimum atomic E-state index is 0. The van der Waals surface area contributed by atoms with Crippen LogP contribution in [0.4, 0.5) is 0 Å². The number of hydrogen-bond acceptors (Lipinski definition) is 0. The maximum atomic E-state index is 3.36. The molecule has 4 rings (SSSR count). The third kappa shape index (κ3) is 8.39. The van der Waals surface area contributed by atoms with E-state index in [9.17, 15) is 0 Å². The van der Waals surface area contributed by atoms with Crippen molar-refractivity contribution in [2.45, 2.75) is 27.7 Å². The Bertz CT molecular complexity index is 926. The van der Waals surface area contributed by atoms with E-state index in [1.165, 1.54) is 62.0 Å². The maximum Gasteiger partial charge on any atom is -0.0623 e. The van der Waals surface area contributed by atoms with Crippen LogP contribution in [0.25, 0.3) is 21.9 Å². The molecule has 0 spiro atoms. The van der Waals surface area contributed by atoms with Gasteiger partial charge in [-0.15, -0.1) is 78.4 Å². The molecule has 1 atom stereocenters. The van der Waals surface area contributed by atoms with Gasteiger partial charge in [0.15, 0.2) is 0 Å². The smallest absolute Gasteiger partial charge is 0.0623 e. The molecule has 30 heavy (non-hydrogen) atoms. The Morgan fingerprint density at radius 2 is 1.40 bits per heavy atom. The molecule has 2 radical (unpaired) electrons. The van der Waals surface area contributed by atoms with E-state index in [-0.39, 0.29) is 39.7 Å². The molecule has 162 valence electrons. The van der Waals surface area contributed by atoms with Gasteiger partial charge in [-0.1, -0.05) is 68.7 Å². The molecule has 4 heteroatoms. The van der Waals surface area contributed by atoms with E-state index in [4.69, 9.17) is 0 Å². The van der Waals surface area contributed by atoms with Crippen molar-refractivity contribution in [2.24, 2.45) is 5.92 Å². The van der Waals surface area contributed by atoms with Crippen molar-refractivity contribution >= 4 is 42.5 Å². The molecule has 0 saturated carbocycles. The van der Waals surface area contributed by atoms with Crippen LogP contribution in [0, 0.1) is 26.8 Å². The maximum absolute atomic E-state index is 3.36. The number of hydrogen-bond donors (Lipinski definition) is 0. The van der Waals surface area contributed by atoms with Crippen LogP contribution >= 0.6 is 24.8 Å². The van der Waals surface area contributed by atoms with E-state index < -0.39 is 0 Å². The monoisotopic (exact) mass is 532 g/mol. The molecular formula is C26H32Cl2SiZr-4. The van der Waals surface area contributed by atoms with Crippen molar-refractivity contribution in [3.63, 3.8) is 0 Å². The zero-order valence-electron chi connectivity index (χ0n) is 18.7. The van der Waals surface area contributed by atoms with Crippen LogP contribution in [0.5, 0.6) is 0 Å². The molecule has 0 bridgehead atoms. The van der Waals surface area contributed by atoms with E-state index in [0.717, 1.165) is 0 Å². The molecule has 0 aliphatic heterocycles. The van der Waals surface area contributed by atoms with Crippen molar-refractivity contribution in [3.05, 3.63) is 104 Å². The summed E-state index contributed by atoms with van der Waals surface area (Å²) in [6, 6.07) is 23.4. The molecule has 0 heterocycles. The third-order valence-electron chi connectivity index (χ3n) is 5.00. The Morgan fingerprint density at radius 3 is 1.87 bits per heavy atom. The Labute approximate surface area is 213 Å². The first-order valence-corrected chi connectivity index (χ1v) is 13.0. The van der Waals surface area contributed by atoms with Crippen LogP contribution in [0.3, 0.4) is 0 Å². The average Bonchev–Trinajstić information content (AvgIpc) is 3.22. The molecule has 0 N–H and O–H groups in total.